The first-order valence-corrected chi connectivity index (χ1v) is 6.19. The smallest absolute Gasteiger partial charge is 0.326 e. The van der Waals surface area contributed by atoms with Gasteiger partial charge in [-0.3, -0.25) is 4.79 Å². The minimum Gasteiger partial charge on any atom is -0.480 e. The van der Waals surface area contributed by atoms with Gasteiger partial charge in [0.2, 0.25) is 0 Å². The molecule has 17 heavy (non-hydrogen) atoms. The molecular formula is C12H14INO3. The number of carboxylic acid groups (broad SMARTS) is 1. The topological polar surface area (TPSA) is 57.6 Å². The summed E-state index contributed by atoms with van der Waals surface area (Å²) in [4.78, 5) is 24.2. The molecule has 92 valence electrons. The van der Waals surface area contributed by atoms with Crippen LogP contribution in [0.5, 0.6) is 0 Å². The zero-order valence-corrected chi connectivity index (χ0v) is 12.1. The molecule has 5 heteroatoms. The lowest BCUT2D eigenvalue weighted by atomic mass is 10.1. The highest BCUT2D eigenvalue weighted by Crippen LogP contribution is 2.17. The van der Waals surface area contributed by atoms with Gasteiger partial charge < -0.3 is 10.0 Å². The van der Waals surface area contributed by atoms with Crippen molar-refractivity contribution in [3.63, 3.8) is 0 Å². The Morgan fingerprint density at radius 1 is 1.41 bits per heavy atom. The van der Waals surface area contributed by atoms with Gasteiger partial charge in [0.05, 0.1) is 0 Å². The summed E-state index contributed by atoms with van der Waals surface area (Å²) in [6, 6.07) is 4.58. The van der Waals surface area contributed by atoms with Gasteiger partial charge in [-0.2, -0.15) is 0 Å². The number of nitrogens with zero attached hydrogens (tertiary/aromatic N) is 1. The van der Waals surface area contributed by atoms with Gasteiger partial charge in [-0.15, -0.1) is 0 Å². The van der Waals surface area contributed by atoms with Crippen LogP contribution in [0.25, 0.3) is 0 Å². The Bertz CT molecular complexity index is 459. The van der Waals surface area contributed by atoms with Crippen LogP contribution in [0, 0.1) is 10.5 Å². The molecule has 0 aliphatic carbocycles. The maximum Gasteiger partial charge on any atom is 0.326 e. The summed E-state index contributed by atoms with van der Waals surface area (Å²) < 4.78 is 0.991. The number of likely N-dealkylation sites (N-methyl/N-ethyl adjacent to an activating group) is 1. The van der Waals surface area contributed by atoms with E-state index in [0.717, 1.165) is 9.13 Å². The van der Waals surface area contributed by atoms with Crippen molar-refractivity contribution in [2.24, 2.45) is 0 Å². The first-order valence-electron chi connectivity index (χ1n) is 5.11. The Morgan fingerprint density at radius 2 is 2.00 bits per heavy atom. The van der Waals surface area contributed by atoms with Crippen molar-refractivity contribution < 1.29 is 14.7 Å². The number of carbonyl (C=O) groups is 2. The summed E-state index contributed by atoms with van der Waals surface area (Å²) in [5.74, 6) is -1.28. The summed E-state index contributed by atoms with van der Waals surface area (Å²) in [6.45, 7) is 3.34. The van der Waals surface area contributed by atoms with Crippen molar-refractivity contribution in [2.75, 3.05) is 7.05 Å². The van der Waals surface area contributed by atoms with Crippen LogP contribution in [-0.2, 0) is 4.79 Å². The van der Waals surface area contributed by atoms with E-state index in [0.29, 0.717) is 5.56 Å². The number of halogens is 1. The first-order chi connectivity index (χ1) is 7.86. The molecule has 0 spiro atoms. The number of benzene rings is 1. The lowest BCUT2D eigenvalue weighted by Crippen LogP contribution is -2.40. The molecule has 1 atom stereocenters. The van der Waals surface area contributed by atoms with E-state index in [1.165, 1.54) is 18.9 Å². The van der Waals surface area contributed by atoms with Crippen LogP contribution in [0.4, 0.5) is 0 Å². The molecule has 1 rings (SSSR count). The van der Waals surface area contributed by atoms with Gasteiger partial charge in [-0.25, -0.2) is 4.79 Å². The summed E-state index contributed by atoms with van der Waals surface area (Å²) in [5, 5.41) is 8.88. The van der Waals surface area contributed by atoms with E-state index in [-0.39, 0.29) is 5.91 Å². The Hall–Kier alpha value is -1.11. The Balaban J connectivity index is 3.05. The molecule has 0 aliphatic rings. The van der Waals surface area contributed by atoms with Crippen LogP contribution in [0.3, 0.4) is 0 Å². The average Bonchev–Trinajstić information content (AvgIpc) is 2.29. The standard InChI is InChI=1S/C12H14INO3/c1-7-9(5-4-6-10(7)13)11(15)14(3)8(2)12(16)17/h4-6,8H,1-3H3,(H,16,17). The lowest BCUT2D eigenvalue weighted by Gasteiger charge is -2.22. The van der Waals surface area contributed by atoms with Crippen molar-refractivity contribution in [3.8, 4) is 0 Å². The van der Waals surface area contributed by atoms with Crippen molar-refractivity contribution >= 4 is 34.5 Å². The second kappa shape index (κ2) is 5.48. The molecule has 1 aromatic rings. The van der Waals surface area contributed by atoms with Crippen molar-refractivity contribution in [1.82, 2.24) is 4.90 Å². The number of hydrogen-bond acceptors (Lipinski definition) is 2. The summed E-state index contributed by atoms with van der Waals surface area (Å²) in [6.07, 6.45) is 0. The predicted molar refractivity (Wildman–Crippen MR) is 73.1 cm³/mol. The van der Waals surface area contributed by atoms with Crippen molar-refractivity contribution in [1.29, 1.82) is 0 Å². The van der Waals surface area contributed by atoms with E-state index in [4.69, 9.17) is 5.11 Å². The number of rotatable bonds is 3. The molecule has 1 N–H and O–H groups in total. The summed E-state index contributed by atoms with van der Waals surface area (Å²) in [5.41, 5.74) is 1.43. The Kier molecular flexibility index (Phi) is 4.50. The third kappa shape index (κ3) is 2.96. The molecular weight excluding hydrogens is 333 g/mol. The molecule has 0 aromatic heterocycles. The highest BCUT2D eigenvalue weighted by molar-refractivity contribution is 14.1. The van der Waals surface area contributed by atoms with Crippen LogP contribution < -0.4 is 0 Å². The van der Waals surface area contributed by atoms with Crippen LogP contribution in [0.2, 0.25) is 0 Å². The van der Waals surface area contributed by atoms with E-state index in [1.807, 2.05) is 13.0 Å². The fourth-order valence-corrected chi connectivity index (χ4v) is 1.87. The van der Waals surface area contributed by atoms with E-state index >= 15 is 0 Å². The number of aliphatic carboxylic acids is 1. The molecule has 0 radical (unpaired) electrons. The average molecular weight is 347 g/mol. The van der Waals surface area contributed by atoms with Gasteiger partial charge in [0, 0.05) is 16.2 Å². The Morgan fingerprint density at radius 3 is 2.53 bits per heavy atom. The molecule has 0 saturated carbocycles. The molecule has 0 bridgehead atoms. The minimum absolute atomic E-state index is 0.268. The van der Waals surface area contributed by atoms with Gasteiger partial charge in [0.15, 0.2) is 0 Å². The fraction of sp³-hybridized carbons (Fsp3) is 0.333. The SMILES string of the molecule is Cc1c(I)cccc1C(=O)N(C)C(C)C(=O)O. The van der Waals surface area contributed by atoms with Crippen LogP contribution >= 0.6 is 22.6 Å². The summed E-state index contributed by atoms with van der Waals surface area (Å²) in [7, 11) is 1.50. The normalized spacial score (nSPS) is 12.0. The number of hydrogen-bond donors (Lipinski definition) is 1. The highest BCUT2D eigenvalue weighted by atomic mass is 127. The molecule has 0 saturated heterocycles. The highest BCUT2D eigenvalue weighted by Gasteiger charge is 2.23. The fourth-order valence-electron chi connectivity index (χ4n) is 1.37. The lowest BCUT2D eigenvalue weighted by molar-refractivity contribution is -0.141. The van der Waals surface area contributed by atoms with Gasteiger partial charge in [-0.1, -0.05) is 6.07 Å². The maximum absolute atomic E-state index is 12.1. The van der Waals surface area contributed by atoms with Gasteiger partial charge in [0.25, 0.3) is 5.91 Å². The quantitative estimate of drug-likeness (QED) is 0.853. The van der Waals surface area contributed by atoms with Gasteiger partial charge >= 0.3 is 5.97 Å². The molecule has 1 amide bonds. The van der Waals surface area contributed by atoms with E-state index in [2.05, 4.69) is 22.6 Å². The summed E-state index contributed by atoms with van der Waals surface area (Å²) >= 11 is 2.15. The third-order valence-corrected chi connectivity index (χ3v) is 3.93. The molecule has 1 aromatic carbocycles. The van der Waals surface area contributed by atoms with Crippen LogP contribution in [0.1, 0.15) is 22.8 Å². The second-order valence-electron chi connectivity index (χ2n) is 3.84. The zero-order chi connectivity index (χ0) is 13.2. The van der Waals surface area contributed by atoms with Crippen LogP contribution in [0.15, 0.2) is 18.2 Å². The van der Waals surface area contributed by atoms with Gasteiger partial charge in [-0.05, 0) is 54.1 Å². The maximum atomic E-state index is 12.1. The van der Waals surface area contributed by atoms with Crippen molar-refractivity contribution in [2.45, 2.75) is 19.9 Å². The van der Waals surface area contributed by atoms with Crippen molar-refractivity contribution in [3.05, 3.63) is 32.9 Å². The number of carboxylic acids is 1. The van der Waals surface area contributed by atoms with E-state index in [9.17, 15) is 9.59 Å². The largest absolute Gasteiger partial charge is 0.480 e. The minimum atomic E-state index is -1.01. The van der Waals surface area contributed by atoms with E-state index < -0.39 is 12.0 Å². The van der Waals surface area contributed by atoms with E-state index in [1.54, 1.807) is 12.1 Å². The third-order valence-electron chi connectivity index (χ3n) is 2.76. The molecule has 1 unspecified atom stereocenters. The predicted octanol–water partition coefficient (Wildman–Crippen LogP) is 2.14. The first kappa shape index (κ1) is 14.0. The van der Waals surface area contributed by atoms with Crippen LogP contribution in [-0.4, -0.2) is 35.0 Å². The molecule has 0 heterocycles. The molecule has 4 nitrogen and oxygen atoms in total. The monoisotopic (exact) mass is 347 g/mol. The molecule has 0 fully saturated rings. The number of amides is 1. The van der Waals surface area contributed by atoms with Gasteiger partial charge in [0.1, 0.15) is 6.04 Å². The Labute approximate surface area is 114 Å². The molecule has 0 aliphatic heterocycles. The zero-order valence-electron chi connectivity index (χ0n) is 9.90. The number of carbonyl (C=O) groups excluding carboxylic acids is 1. The second-order valence-corrected chi connectivity index (χ2v) is 5.00.